The van der Waals surface area contributed by atoms with Gasteiger partial charge in [0.05, 0.1) is 0 Å². The van der Waals surface area contributed by atoms with Crippen molar-refractivity contribution in [1.29, 1.82) is 0 Å². The third kappa shape index (κ3) is 2.33. The molecule has 0 nitrogen and oxygen atoms in total. The second-order valence-corrected chi connectivity index (χ2v) is 4.55. The zero-order chi connectivity index (χ0) is 11.5. The number of allylic oxidation sites excluding steroid dienone is 5. The minimum absolute atomic E-state index is 1.12. The van der Waals surface area contributed by atoms with Crippen molar-refractivity contribution < 1.29 is 0 Å². The lowest BCUT2D eigenvalue weighted by atomic mass is 9.93. The highest BCUT2D eigenvalue weighted by Crippen LogP contribution is 2.26. The molecule has 0 fully saturated rings. The molecule has 0 aliphatic heterocycles. The van der Waals surface area contributed by atoms with E-state index >= 15 is 0 Å². The first-order valence-electron chi connectivity index (χ1n) is 5.80. The molecule has 1 aliphatic rings. The predicted molar refractivity (Wildman–Crippen MR) is 72.1 cm³/mol. The van der Waals surface area contributed by atoms with Crippen molar-refractivity contribution in [3.63, 3.8) is 0 Å². The summed E-state index contributed by atoms with van der Waals surface area (Å²) in [6.45, 7) is 8.25. The molecule has 0 saturated heterocycles. The number of hydrogen-bond donors (Lipinski definition) is 0. The van der Waals surface area contributed by atoms with Crippen molar-refractivity contribution in [1.82, 2.24) is 0 Å². The first-order valence-corrected chi connectivity index (χ1v) is 5.80. The van der Waals surface area contributed by atoms with Gasteiger partial charge < -0.3 is 0 Å². The lowest BCUT2D eigenvalue weighted by Gasteiger charge is -2.12. The van der Waals surface area contributed by atoms with Crippen molar-refractivity contribution in [2.45, 2.75) is 26.7 Å². The van der Waals surface area contributed by atoms with Gasteiger partial charge >= 0.3 is 0 Å². The van der Waals surface area contributed by atoms with Gasteiger partial charge in [-0.25, -0.2) is 0 Å². The molecule has 2 rings (SSSR count). The molecule has 0 spiro atoms. The molecule has 0 heteroatoms. The summed E-state index contributed by atoms with van der Waals surface area (Å²) in [6, 6.07) is 8.63. The minimum atomic E-state index is 1.12. The monoisotopic (exact) mass is 210 g/mol. The predicted octanol–water partition coefficient (Wildman–Crippen LogP) is 4.84. The van der Waals surface area contributed by atoms with Gasteiger partial charge in [0.2, 0.25) is 0 Å². The second kappa shape index (κ2) is 4.52. The van der Waals surface area contributed by atoms with Crippen LogP contribution in [0.3, 0.4) is 0 Å². The first-order chi connectivity index (χ1) is 7.66. The Labute approximate surface area is 98.0 Å². The Kier molecular flexibility index (Phi) is 3.09. The molecular weight excluding hydrogens is 192 g/mol. The number of hydrogen-bond acceptors (Lipinski definition) is 0. The van der Waals surface area contributed by atoms with Gasteiger partial charge in [0.15, 0.2) is 0 Å². The van der Waals surface area contributed by atoms with Crippen LogP contribution in [0.15, 0.2) is 48.6 Å². The zero-order valence-electron chi connectivity index (χ0n) is 10.1. The molecule has 82 valence electrons. The van der Waals surface area contributed by atoms with Crippen LogP contribution in [0.2, 0.25) is 0 Å². The van der Waals surface area contributed by atoms with Crippen LogP contribution < -0.4 is 0 Å². The summed E-state index contributed by atoms with van der Waals surface area (Å²) in [5, 5.41) is 0. The van der Waals surface area contributed by atoms with Crippen LogP contribution in [-0.2, 0) is 0 Å². The average Bonchev–Trinajstić information content (AvgIpc) is 2.29. The fourth-order valence-electron chi connectivity index (χ4n) is 2.02. The molecule has 0 unspecified atom stereocenters. The van der Waals surface area contributed by atoms with Crippen LogP contribution >= 0.6 is 0 Å². The topological polar surface area (TPSA) is 0 Å². The first kappa shape index (κ1) is 10.9. The Morgan fingerprint density at radius 2 is 2.12 bits per heavy atom. The standard InChI is InChI=1S/C16H18/c1-12(2)14-7-5-9-16(11-14)15-8-4-6-13(3)10-15/h5,7-11H,1,4,6H2,2-3H3. The van der Waals surface area contributed by atoms with E-state index in [1.165, 1.54) is 28.7 Å². The maximum absolute atomic E-state index is 3.99. The van der Waals surface area contributed by atoms with Crippen molar-refractivity contribution in [3.8, 4) is 0 Å². The smallest absolute Gasteiger partial charge is 0.0181 e. The van der Waals surface area contributed by atoms with E-state index in [0.717, 1.165) is 12.0 Å². The summed E-state index contributed by atoms with van der Waals surface area (Å²) >= 11 is 0. The lowest BCUT2D eigenvalue weighted by Crippen LogP contribution is -1.90. The normalized spacial score (nSPS) is 15.4. The van der Waals surface area contributed by atoms with Crippen molar-refractivity contribution in [2.24, 2.45) is 0 Å². The van der Waals surface area contributed by atoms with Gasteiger partial charge in [-0.1, -0.05) is 48.1 Å². The maximum atomic E-state index is 3.99. The van der Waals surface area contributed by atoms with Crippen molar-refractivity contribution >= 4 is 11.1 Å². The van der Waals surface area contributed by atoms with Crippen LogP contribution in [-0.4, -0.2) is 0 Å². The summed E-state index contributed by atoms with van der Waals surface area (Å²) in [4.78, 5) is 0. The molecule has 1 aromatic carbocycles. The molecule has 1 aromatic rings. The van der Waals surface area contributed by atoms with Crippen LogP contribution in [0.1, 0.15) is 37.8 Å². The van der Waals surface area contributed by atoms with Gasteiger partial charge in [0.25, 0.3) is 0 Å². The highest BCUT2D eigenvalue weighted by Gasteiger charge is 2.05. The molecule has 0 radical (unpaired) electrons. The Morgan fingerprint density at radius 1 is 1.31 bits per heavy atom. The van der Waals surface area contributed by atoms with Gasteiger partial charge in [-0.05, 0) is 49.5 Å². The number of benzene rings is 1. The third-order valence-corrected chi connectivity index (χ3v) is 2.99. The van der Waals surface area contributed by atoms with E-state index in [0.29, 0.717) is 0 Å². The highest BCUT2D eigenvalue weighted by molar-refractivity contribution is 5.77. The third-order valence-electron chi connectivity index (χ3n) is 2.99. The summed E-state index contributed by atoms with van der Waals surface area (Å²) in [6.07, 6.45) is 6.98. The molecule has 0 saturated carbocycles. The second-order valence-electron chi connectivity index (χ2n) is 4.55. The minimum Gasteiger partial charge on any atom is -0.0955 e. The molecule has 16 heavy (non-hydrogen) atoms. The maximum Gasteiger partial charge on any atom is -0.0181 e. The van der Waals surface area contributed by atoms with Crippen molar-refractivity contribution in [2.75, 3.05) is 0 Å². The van der Waals surface area contributed by atoms with Gasteiger partial charge in [-0.3, -0.25) is 0 Å². The van der Waals surface area contributed by atoms with Crippen LogP contribution in [0.4, 0.5) is 0 Å². The summed E-state index contributed by atoms with van der Waals surface area (Å²) in [5.41, 5.74) is 6.48. The Balaban J connectivity index is 2.38. The lowest BCUT2D eigenvalue weighted by molar-refractivity contribution is 0.966. The Bertz CT molecular complexity index is 473. The summed E-state index contributed by atoms with van der Waals surface area (Å²) < 4.78 is 0. The molecule has 0 bridgehead atoms. The van der Waals surface area contributed by atoms with Gasteiger partial charge in [-0.15, -0.1) is 0 Å². The van der Waals surface area contributed by atoms with E-state index in [1.54, 1.807) is 0 Å². The molecule has 0 heterocycles. The SMILES string of the molecule is C=C(C)c1cccc(C2=CCCC(C)=C2)c1. The summed E-state index contributed by atoms with van der Waals surface area (Å²) in [7, 11) is 0. The van der Waals surface area contributed by atoms with Crippen LogP contribution in [0.5, 0.6) is 0 Å². The van der Waals surface area contributed by atoms with E-state index in [2.05, 4.69) is 56.8 Å². The number of rotatable bonds is 2. The van der Waals surface area contributed by atoms with Crippen molar-refractivity contribution in [3.05, 3.63) is 59.7 Å². The highest BCUT2D eigenvalue weighted by atomic mass is 14.1. The molecule has 0 amide bonds. The fraction of sp³-hybridized carbons (Fsp3) is 0.250. The van der Waals surface area contributed by atoms with Gasteiger partial charge in [0.1, 0.15) is 0 Å². The van der Waals surface area contributed by atoms with Crippen LogP contribution in [0, 0.1) is 0 Å². The van der Waals surface area contributed by atoms with Crippen LogP contribution in [0.25, 0.3) is 11.1 Å². The fourth-order valence-corrected chi connectivity index (χ4v) is 2.02. The van der Waals surface area contributed by atoms with Gasteiger partial charge in [-0.2, -0.15) is 0 Å². The quantitative estimate of drug-likeness (QED) is 0.655. The zero-order valence-corrected chi connectivity index (χ0v) is 10.1. The molecule has 0 aromatic heterocycles. The van der Waals surface area contributed by atoms with E-state index < -0.39 is 0 Å². The van der Waals surface area contributed by atoms with E-state index in [4.69, 9.17) is 0 Å². The molecule has 0 atom stereocenters. The largest absolute Gasteiger partial charge is 0.0955 e. The molecular formula is C16H18. The Hall–Kier alpha value is -1.56. The summed E-state index contributed by atoms with van der Waals surface area (Å²) in [5.74, 6) is 0. The molecule has 0 N–H and O–H groups in total. The Morgan fingerprint density at radius 3 is 2.81 bits per heavy atom. The molecule has 1 aliphatic carbocycles. The van der Waals surface area contributed by atoms with E-state index in [9.17, 15) is 0 Å². The average molecular weight is 210 g/mol. The van der Waals surface area contributed by atoms with E-state index in [1.807, 2.05) is 0 Å². The van der Waals surface area contributed by atoms with E-state index in [-0.39, 0.29) is 0 Å². The van der Waals surface area contributed by atoms with Gasteiger partial charge in [0, 0.05) is 0 Å².